The lowest BCUT2D eigenvalue weighted by Crippen LogP contribution is -2.43. The third-order valence-electron chi connectivity index (χ3n) is 4.64. The molecular weight excluding hydrogens is 413 g/mol. The number of aromatic amines is 1. The molecule has 3 heterocycles. The molecule has 31 heavy (non-hydrogen) atoms. The van der Waals surface area contributed by atoms with Crippen molar-refractivity contribution in [3.63, 3.8) is 0 Å². The molecule has 0 spiro atoms. The van der Waals surface area contributed by atoms with Crippen LogP contribution in [0.25, 0.3) is 10.9 Å². The molecule has 2 N–H and O–H groups in total. The first kappa shape index (κ1) is 21.5. The van der Waals surface area contributed by atoms with Crippen molar-refractivity contribution in [3.05, 3.63) is 68.8 Å². The van der Waals surface area contributed by atoms with Gasteiger partial charge in [0.1, 0.15) is 23.6 Å². The van der Waals surface area contributed by atoms with Crippen LogP contribution in [0.2, 0.25) is 0 Å². The van der Waals surface area contributed by atoms with E-state index < -0.39 is 34.8 Å². The molecule has 0 fully saturated rings. The van der Waals surface area contributed by atoms with Crippen LogP contribution < -0.4 is 10.9 Å². The molecule has 8 nitrogen and oxygen atoms in total. The number of nitriles is 2. The van der Waals surface area contributed by atoms with E-state index in [2.05, 4.69) is 15.0 Å². The highest BCUT2D eigenvalue weighted by molar-refractivity contribution is 5.91. The second-order valence-corrected chi connectivity index (χ2v) is 6.62. The van der Waals surface area contributed by atoms with E-state index in [0.717, 1.165) is 12.3 Å². The molecule has 0 saturated carbocycles. The van der Waals surface area contributed by atoms with Gasteiger partial charge in [-0.15, -0.1) is 0 Å². The lowest BCUT2D eigenvalue weighted by Gasteiger charge is -2.21. The molecule has 1 atom stereocenters. The average molecular weight is 426 g/mol. The number of aromatic nitrogens is 3. The Labute approximate surface area is 173 Å². The summed E-state index contributed by atoms with van der Waals surface area (Å²) in [6, 6.07) is 4.35. The number of alkyl halides is 2. The van der Waals surface area contributed by atoms with Crippen LogP contribution in [0.1, 0.15) is 41.0 Å². The van der Waals surface area contributed by atoms with Crippen LogP contribution in [-0.4, -0.2) is 20.9 Å². The van der Waals surface area contributed by atoms with E-state index in [9.17, 15) is 19.2 Å². The minimum absolute atomic E-state index is 0.0140. The molecule has 0 aliphatic heterocycles. The summed E-state index contributed by atoms with van der Waals surface area (Å²) in [6.07, 6.45) is 2.27. The minimum atomic E-state index is -4.31. The second kappa shape index (κ2) is 7.88. The Morgan fingerprint density at radius 2 is 2.00 bits per heavy atom. The number of halogens is 3. The van der Waals surface area contributed by atoms with Gasteiger partial charge in [0, 0.05) is 17.8 Å². The van der Waals surface area contributed by atoms with Gasteiger partial charge in [0.15, 0.2) is 0 Å². The highest BCUT2D eigenvalue weighted by Gasteiger charge is 2.46. The van der Waals surface area contributed by atoms with Gasteiger partial charge in [-0.25, -0.2) is 9.37 Å². The number of amides is 1. The van der Waals surface area contributed by atoms with Crippen molar-refractivity contribution >= 4 is 16.8 Å². The van der Waals surface area contributed by atoms with Crippen molar-refractivity contribution in [2.75, 3.05) is 0 Å². The topological polar surface area (TPSA) is 135 Å². The fraction of sp³-hybridized carbons (Fsp3) is 0.200. The van der Waals surface area contributed by atoms with Crippen LogP contribution >= 0.6 is 0 Å². The Morgan fingerprint density at radius 3 is 2.61 bits per heavy atom. The van der Waals surface area contributed by atoms with E-state index in [4.69, 9.17) is 5.26 Å². The molecule has 0 bridgehead atoms. The van der Waals surface area contributed by atoms with E-state index in [1.807, 2.05) is 5.32 Å². The molecule has 0 radical (unpaired) electrons. The lowest BCUT2D eigenvalue weighted by molar-refractivity contribution is -0.148. The summed E-state index contributed by atoms with van der Waals surface area (Å²) in [5, 5.41) is 19.9. The highest BCUT2D eigenvalue weighted by atomic mass is 19.3. The van der Waals surface area contributed by atoms with Gasteiger partial charge in [0.25, 0.3) is 11.5 Å². The number of pyridine rings is 3. The Balaban J connectivity index is 2.02. The molecular formula is C20H13F3N6O2. The van der Waals surface area contributed by atoms with Crippen LogP contribution in [0.5, 0.6) is 0 Å². The number of carbonyl (C=O) groups excluding carboxylic acids is 1. The Bertz CT molecular complexity index is 1350. The van der Waals surface area contributed by atoms with Gasteiger partial charge in [-0.2, -0.15) is 19.3 Å². The van der Waals surface area contributed by atoms with Crippen LogP contribution in [0.4, 0.5) is 13.2 Å². The number of hydrogen-bond donors (Lipinski definition) is 2. The van der Waals surface area contributed by atoms with Crippen molar-refractivity contribution in [2.45, 2.75) is 25.8 Å². The Kier molecular flexibility index (Phi) is 5.45. The van der Waals surface area contributed by atoms with Crippen molar-refractivity contribution in [1.82, 2.24) is 20.3 Å². The summed E-state index contributed by atoms with van der Waals surface area (Å²) in [4.78, 5) is 34.5. The zero-order valence-corrected chi connectivity index (χ0v) is 16.1. The first-order valence-corrected chi connectivity index (χ1v) is 8.78. The van der Waals surface area contributed by atoms with Crippen molar-refractivity contribution in [3.8, 4) is 12.1 Å². The van der Waals surface area contributed by atoms with Gasteiger partial charge in [-0.3, -0.25) is 14.6 Å². The van der Waals surface area contributed by atoms with Crippen molar-refractivity contribution in [2.24, 2.45) is 0 Å². The second-order valence-electron chi connectivity index (χ2n) is 6.62. The van der Waals surface area contributed by atoms with Gasteiger partial charge >= 0.3 is 5.92 Å². The number of fused-ring (bicyclic) bond motifs is 1. The van der Waals surface area contributed by atoms with Crippen LogP contribution in [-0.2, 0) is 10.7 Å². The smallest absolute Gasteiger partial charge is 0.342 e. The number of nitrogens with one attached hydrogen (secondary N) is 2. The molecule has 3 aromatic heterocycles. The predicted octanol–water partition coefficient (Wildman–Crippen LogP) is 2.48. The minimum Gasteiger partial charge on any atom is -0.342 e. The molecule has 11 heteroatoms. The summed E-state index contributed by atoms with van der Waals surface area (Å²) in [5.74, 6) is -7.13. The van der Waals surface area contributed by atoms with Crippen LogP contribution in [0, 0.1) is 35.4 Å². The Hall–Kier alpha value is -4.25. The average Bonchev–Trinajstić information content (AvgIpc) is 2.72. The highest BCUT2D eigenvalue weighted by Crippen LogP contribution is 2.32. The molecule has 0 aliphatic carbocycles. The van der Waals surface area contributed by atoms with E-state index >= 15 is 8.78 Å². The SMILES string of the molecule is Cc1c(C(F)(F)C(=O)N[C@H](C)c2ncc(C#N)cc2F)c(=O)[nH]c2ccnc(C#N)c12. The maximum atomic E-state index is 15.0. The number of aryl methyl sites for hydroxylation is 1. The third-order valence-corrected chi connectivity index (χ3v) is 4.64. The van der Waals surface area contributed by atoms with Gasteiger partial charge in [0.2, 0.25) is 0 Å². The maximum absolute atomic E-state index is 15.0. The zero-order valence-electron chi connectivity index (χ0n) is 16.1. The summed E-state index contributed by atoms with van der Waals surface area (Å²) >= 11 is 0. The molecule has 156 valence electrons. The summed E-state index contributed by atoms with van der Waals surface area (Å²) in [7, 11) is 0. The van der Waals surface area contributed by atoms with E-state index in [1.165, 1.54) is 26.1 Å². The lowest BCUT2D eigenvalue weighted by atomic mass is 9.98. The van der Waals surface area contributed by atoms with Gasteiger partial charge < -0.3 is 10.3 Å². The molecule has 0 aliphatic rings. The zero-order chi connectivity index (χ0) is 22.9. The Morgan fingerprint density at radius 1 is 1.29 bits per heavy atom. The molecule has 0 aromatic carbocycles. The van der Waals surface area contributed by atoms with E-state index in [-0.39, 0.29) is 33.4 Å². The van der Waals surface area contributed by atoms with Gasteiger partial charge in [-0.05, 0) is 31.5 Å². The fourth-order valence-electron chi connectivity index (χ4n) is 3.19. The quantitative estimate of drug-likeness (QED) is 0.658. The van der Waals surface area contributed by atoms with Crippen LogP contribution in [0.3, 0.4) is 0 Å². The number of hydrogen-bond acceptors (Lipinski definition) is 6. The van der Waals surface area contributed by atoms with Gasteiger partial charge in [0.05, 0.1) is 28.4 Å². The normalized spacial score (nSPS) is 12.1. The van der Waals surface area contributed by atoms with Gasteiger partial charge in [-0.1, -0.05) is 0 Å². The number of nitrogens with zero attached hydrogens (tertiary/aromatic N) is 4. The summed E-state index contributed by atoms with van der Waals surface area (Å²) < 4.78 is 44.2. The molecule has 0 unspecified atom stereocenters. The molecule has 1 amide bonds. The molecule has 3 aromatic rings. The van der Waals surface area contributed by atoms with E-state index in [1.54, 1.807) is 12.1 Å². The fourth-order valence-corrected chi connectivity index (χ4v) is 3.19. The predicted molar refractivity (Wildman–Crippen MR) is 101 cm³/mol. The van der Waals surface area contributed by atoms with Crippen molar-refractivity contribution < 1.29 is 18.0 Å². The summed E-state index contributed by atoms with van der Waals surface area (Å²) in [5.41, 5.74) is -3.15. The maximum Gasteiger partial charge on any atom is 0.355 e. The standard InChI is InChI=1S/C20H13F3N6O2/c1-9-15-13(3-4-26-14(15)7-25)29-18(30)16(9)20(22,23)19(31)28-10(2)17-12(21)5-11(6-24)8-27-17/h3-5,8,10H,1-2H3,(H,28,31)(H,29,30)/t10-/m1/s1. The summed E-state index contributed by atoms with van der Waals surface area (Å²) in [6.45, 7) is 2.41. The largest absolute Gasteiger partial charge is 0.355 e. The van der Waals surface area contributed by atoms with E-state index in [0.29, 0.717) is 0 Å². The monoisotopic (exact) mass is 426 g/mol. The first-order chi connectivity index (χ1) is 14.6. The number of carbonyl (C=O) groups is 1. The molecule has 0 saturated heterocycles. The number of rotatable bonds is 4. The molecule has 3 rings (SSSR count). The van der Waals surface area contributed by atoms with Crippen molar-refractivity contribution in [1.29, 1.82) is 10.5 Å². The number of H-pyrrole nitrogens is 1. The van der Waals surface area contributed by atoms with Crippen LogP contribution in [0.15, 0.2) is 29.3 Å². The third kappa shape index (κ3) is 3.69. The first-order valence-electron chi connectivity index (χ1n) is 8.78.